The summed E-state index contributed by atoms with van der Waals surface area (Å²) in [5.74, 6) is -0.370. The molecule has 0 saturated carbocycles. The van der Waals surface area contributed by atoms with E-state index in [1.54, 1.807) is 0 Å². The third-order valence-electron chi connectivity index (χ3n) is 5.35. The standard InChI is InChI=1S/C24H27N3O/c1-16-8-9-17(2)23(12-16)26-15-22(14-25)24(28)27-18(3)20-11-10-19-6-4-5-7-21(19)13-20/h8-13,15,18,26H,4-7H2,1-3H3,(H,27,28)/b22-15-. The Morgan fingerprint density at radius 2 is 1.86 bits per heavy atom. The van der Waals surface area contributed by atoms with Crippen molar-refractivity contribution in [3.8, 4) is 6.07 Å². The van der Waals surface area contributed by atoms with Crippen LogP contribution in [0.1, 0.15) is 53.6 Å². The molecule has 4 heteroatoms. The summed E-state index contributed by atoms with van der Waals surface area (Å²) in [5, 5.41) is 15.5. The summed E-state index contributed by atoms with van der Waals surface area (Å²) in [6.07, 6.45) is 6.20. The molecule has 1 atom stereocenters. The monoisotopic (exact) mass is 373 g/mol. The molecule has 0 saturated heterocycles. The predicted octanol–water partition coefficient (Wildman–Crippen LogP) is 4.88. The molecule has 1 amide bonds. The van der Waals surface area contributed by atoms with Crippen molar-refractivity contribution in [3.63, 3.8) is 0 Å². The van der Waals surface area contributed by atoms with Gasteiger partial charge in [-0.2, -0.15) is 5.26 Å². The van der Waals surface area contributed by atoms with Gasteiger partial charge in [0.05, 0.1) is 6.04 Å². The van der Waals surface area contributed by atoms with Crippen molar-refractivity contribution in [3.05, 3.63) is 76.0 Å². The minimum Gasteiger partial charge on any atom is -0.360 e. The Balaban J connectivity index is 1.69. The fourth-order valence-electron chi connectivity index (χ4n) is 3.57. The molecule has 2 aromatic rings. The topological polar surface area (TPSA) is 64.9 Å². The van der Waals surface area contributed by atoms with Crippen LogP contribution in [-0.4, -0.2) is 5.91 Å². The van der Waals surface area contributed by atoms with Crippen molar-refractivity contribution in [2.75, 3.05) is 5.32 Å². The van der Waals surface area contributed by atoms with Crippen LogP contribution in [0.25, 0.3) is 0 Å². The van der Waals surface area contributed by atoms with Crippen molar-refractivity contribution < 1.29 is 4.79 Å². The maximum absolute atomic E-state index is 12.6. The molecule has 1 aliphatic carbocycles. The lowest BCUT2D eigenvalue weighted by Crippen LogP contribution is -2.28. The minimum atomic E-state index is -0.370. The average molecular weight is 374 g/mol. The quantitative estimate of drug-likeness (QED) is 0.580. The average Bonchev–Trinajstić information content (AvgIpc) is 2.70. The Bertz CT molecular complexity index is 953. The SMILES string of the molecule is Cc1ccc(C)c(N/C=C(/C#N)C(=O)NC(C)c2ccc3c(c2)CCCC3)c1. The number of benzene rings is 2. The van der Waals surface area contributed by atoms with E-state index in [0.29, 0.717) is 0 Å². The molecule has 0 fully saturated rings. The highest BCUT2D eigenvalue weighted by molar-refractivity contribution is 5.97. The summed E-state index contributed by atoms with van der Waals surface area (Å²) < 4.78 is 0. The fourth-order valence-corrected chi connectivity index (χ4v) is 3.57. The van der Waals surface area contributed by atoms with Gasteiger partial charge in [-0.1, -0.05) is 30.3 Å². The molecule has 0 aliphatic heterocycles. The van der Waals surface area contributed by atoms with Gasteiger partial charge in [0, 0.05) is 11.9 Å². The highest BCUT2D eigenvalue weighted by atomic mass is 16.1. The van der Waals surface area contributed by atoms with Gasteiger partial charge in [0.1, 0.15) is 11.6 Å². The van der Waals surface area contributed by atoms with E-state index in [-0.39, 0.29) is 17.5 Å². The second-order valence-corrected chi connectivity index (χ2v) is 7.56. The number of nitrogens with one attached hydrogen (secondary N) is 2. The van der Waals surface area contributed by atoms with Crippen LogP contribution in [0.3, 0.4) is 0 Å². The van der Waals surface area contributed by atoms with Gasteiger partial charge in [-0.05, 0) is 80.3 Å². The van der Waals surface area contributed by atoms with E-state index in [1.165, 1.54) is 30.2 Å². The van der Waals surface area contributed by atoms with Crippen LogP contribution in [0, 0.1) is 25.2 Å². The van der Waals surface area contributed by atoms with Crippen LogP contribution in [-0.2, 0) is 17.6 Å². The van der Waals surface area contributed by atoms with Gasteiger partial charge in [0.2, 0.25) is 0 Å². The minimum absolute atomic E-state index is 0.0608. The first-order chi connectivity index (χ1) is 13.5. The van der Waals surface area contributed by atoms with E-state index in [0.717, 1.165) is 35.2 Å². The van der Waals surface area contributed by atoms with Crippen LogP contribution in [0.2, 0.25) is 0 Å². The van der Waals surface area contributed by atoms with Crippen LogP contribution >= 0.6 is 0 Å². The number of rotatable bonds is 5. The maximum Gasteiger partial charge on any atom is 0.263 e. The summed E-state index contributed by atoms with van der Waals surface area (Å²) in [6.45, 7) is 5.95. The van der Waals surface area contributed by atoms with Gasteiger partial charge in [-0.25, -0.2) is 0 Å². The van der Waals surface area contributed by atoms with Gasteiger partial charge < -0.3 is 10.6 Å². The largest absolute Gasteiger partial charge is 0.360 e. The number of aryl methyl sites for hydroxylation is 4. The van der Waals surface area contributed by atoms with Crippen LogP contribution in [0.5, 0.6) is 0 Å². The number of hydrogen-bond acceptors (Lipinski definition) is 3. The van der Waals surface area contributed by atoms with Gasteiger partial charge in [-0.15, -0.1) is 0 Å². The summed E-state index contributed by atoms with van der Waals surface area (Å²) in [5.41, 5.74) is 7.01. The number of hydrogen-bond donors (Lipinski definition) is 2. The van der Waals surface area contributed by atoms with Gasteiger partial charge in [-0.3, -0.25) is 4.79 Å². The van der Waals surface area contributed by atoms with E-state index in [9.17, 15) is 10.1 Å². The number of nitriles is 1. The van der Waals surface area contributed by atoms with Crippen molar-refractivity contribution in [1.29, 1.82) is 5.26 Å². The summed E-state index contributed by atoms with van der Waals surface area (Å²) in [7, 11) is 0. The predicted molar refractivity (Wildman–Crippen MR) is 113 cm³/mol. The number of carbonyl (C=O) groups excluding carboxylic acids is 1. The zero-order chi connectivity index (χ0) is 20.1. The third-order valence-corrected chi connectivity index (χ3v) is 5.35. The molecule has 0 heterocycles. The highest BCUT2D eigenvalue weighted by Crippen LogP contribution is 2.25. The summed E-state index contributed by atoms with van der Waals surface area (Å²) >= 11 is 0. The molecular formula is C24H27N3O. The van der Waals surface area contributed by atoms with Crippen LogP contribution in [0.15, 0.2) is 48.2 Å². The molecule has 1 unspecified atom stereocenters. The Kier molecular flexibility index (Phi) is 6.16. The molecule has 1 aliphatic rings. The second-order valence-electron chi connectivity index (χ2n) is 7.56. The normalized spacial score (nSPS) is 14.6. The highest BCUT2D eigenvalue weighted by Gasteiger charge is 2.16. The first kappa shape index (κ1) is 19.7. The Morgan fingerprint density at radius 3 is 2.61 bits per heavy atom. The lowest BCUT2D eigenvalue weighted by molar-refractivity contribution is -0.117. The molecule has 2 aromatic carbocycles. The number of fused-ring (bicyclic) bond motifs is 1. The maximum atomic E-state index is 12.6. The smallest absolute Gasteiger partial charge is 0.263 e. The van der Waals surface area contributed by atoms with Crippen LogP contribution < -0.4 is 10.6 Å². The summed E-state index contributed by atoms with van der Waals surface area (Å²) in [4.78, 5) is 12.6. The molecule has 0 aromatic heterocycles. The first-order valence-corrected chi connectivity index (χ1v) is 9.84. The molecular weight excluding hydrogens is 346 g/mol. The van der Waals surface area contributed by atoms with E-state index < -0.39 is 0 Å². The molecule has 2 N–H and O–H groups in total. The van der Waals surface area contributed by atoms with Crippen molar-refractivity contribution in [1.82, 2.24) is 5.32 Å². The number of carbonyl (C=O) groups is 1. The lowest BCUT2D eigenvalue weighted by atomic mass is 9.89. The Labute approximate surface area is 167 Å². The number of amides is 1. The Morgan fingerprint density at radius 1 is 1.11 bits per heavy atom. The third kappa shape index (κ3) is 4.61. The van der Waals surface area contributed by atoms with E-state index in [2.05, 4.69) is 28.8 Å². The molecule has 28 heavy (non-hydrogen) atoms. The van der Waals surface area contributed by atoms with E-state index >= 15 is 0 Å². The molecule has 144 valence electrons. The second kappa shape index (κ2) is 8.75. The van der Waals surface area contributed by atoms with E-state index in [4.69, 9.17) is 0 Å². The molecule has 3 rings (SSSR count). The molecule has 0 radical (unpaired) electrons. The fraction of sp³-hybridized carbons (Fsp3) is 0.333. The number of nitrogens with zero attached hydrogens (tertiary/aromatic N) is 1. The van der Waals surface area contributed by atoms with Gasteiger partial charge >= 0.3 is 0 Å². The molecule has 0 spiro atoms. The van der Waals surface area contributed by atoms with Crippen molar-refractivity contribution in [2.45, 2.75) is 52.5 Å². The lowest BCUT2D eigenvalue weighted by Gasteiger charge is -2.20. The van der Waals surface area contributed by atoms with Crippen molar-refractivity contribution >= 4 is 11.6 Å². The van der Waals surface area contributed by atoms with Gasteiger partial charge in [0.25, 0.3) is 5.91 Å². The molecule has 4 nitrogen and oxygen atoms in total. The first-order valence-electron chi connectivity index (χ1n) is 9.84. The van der Waals surface area contributed by atoms with Crippen LogP contribution in [0.4, 0.5) is 5.69 Å². The zero-order valence-corrected chi connectivity index (χ0v) is 16.8. The number of anilines is 1. The molecule has 0 bridgehead atoms. The summed E-state index contributed by atoms with van der Waals surface area (Å²) in [6, 6.07) is 14.3. The Hall–Kier alpha value is -3.06. The van der Waals surface area contributed by atoms with E-state index in [1.807, 2.05) is 45.0 Å². The van der Waals surface area contributed by atoms with Gasteiger partial charge in [0.15, 0.2) is 0 Å². The zero-order valence-electron chi connectivity index (χ0n) is 16.8. The van der Waals surface area contributed by atoms with Crippen molar-refractivity contribution in [2.24, 2.45) is 0 Å².